The van der Waals surface area contributed by atoms with Gasteiger partial charge in [0.05, 0.1) is 12.8 Å². The highest BCUT2D eigenvalue weighted by atomic mass is 16.5. The molecule has 0 atom stereocenters. The zero-order valence-electron chi connectivity index (χ0n) is 12.1. The topological polar surface area (TPSA) is 57.4 Å². The lowest BCUT2D eigenvalue weighted by Gasteiger charge is -2.13. The zero-order valence-corrected chi connectivity index (χ0v) is 12.1. The van der Waals surface area contributed by atoms with Gasteiger partial charge in [0.2, 0.25) is 0 Å². The molecule has 0 saturated carbocycles. The molecule has 0 bridgehead atoms. The fraction of sp³-hybridized carbons (Fsp3) is 0.312. The Labute approximate surface area is 119 Å². The van der Waals surface area contributed by atoms with E-state index in [1.165, 1.54) is 0 Å². The predicted molar refractivity (Wildman–Crippen MR) is 78.9 cm³/mol. The number of nitrogens with zero attached hydrogens (tertiary/aromatic N) is 1. The van der Waals surface area contributed by atoms with Gasteiger partial charge in [0.25, 0.3) is 0 Å². The predicted octanol–water partition coefficient (Wildman–Crippen LogP) is 2.74. The molecule has 0 amide bonds. The highest BCUT2D eigenvalue weighted by Gasteiger charge is 2.07. The molecular formula is C16H20N2O2. The Hall–Kier alpha value is -2.07. The highest BCUT2D eigenvalue weighted by Crippen LogP contribution is 2.24. The van der Waals surface area contributed by atoms with Crippen LogP contribution in [0.3, 0.4) is 0 Å². The Balaban J connectivity index is 2.19. The molecule has 20 heavy (non-hydrogen) atoms. The standard InChI is InChI=1S/C16H20N2O2/c1-11-5-4-6-13(9-17)16(11)20-10-14-8-15(19-3)7-12(2)18-14/h4-8H,9-10,17H2,1-3H3. The van der Waals surface area contributed by atoms with Gasteiger partial charge < -0.3 is 15.2 Å². The molecule has 0 aliphatic rings. The maximum absolute atomic E-state index is 5.90. The molecule has 4 nitrogen and oxygen atoms in total. The van der Waals surface area contributed by atoms with Gasteiger partial charge in [-0.15, -0.1) is 0 Å². The van der Waals surface area contributed by atoms with E-state index >= 15 is 0 Å². The molecule has 0 aliphatic heterocycles. The van der Waals surface area contributed by atoms with Crippen molar-refractivity contribution in [3.05, 3.63) is 52.8 Å². The van der Waals surface area contributed by atoms with Crippen molar-refractivity contribution in [2.75, 3.05) is 7.11 Å². The van der Waals surface area contributed by atoms with Crippen molar-refractivity contribution >= 4 is 0 Å². The van der Waals surface area contributed by atoms with Crippen molar-refractivity contribution in [2.45, 2.75) is 27.0 Å². The molecule has 2 N–H and O–H groups in total. The van der Waals surface area contributed by atoms with E-state index in [1.54, 1.807) is 7.11 Å². The van der Waals surface area contributed by atoms with Crippen LogP contribution in [-0.4, -0.2) is 12.1 Å². The normalized spacial score (nSPS) is 10.4. The van der Waals surface area contributed by atoms with Crippen LogP contribution in [-0.2, 0) is 13.2 Å². The van der Waals surface area contributed by atoms with Crippen LogP contribution in [0.4, 0.5) is 0 Å². The first-order valence-corrected chi connectivity index (χ1v) is 6.57. The van der Waals surface area contributed by atoms with Crippen molar-refractivity contribution in [1.29, 1.82) is 0 Å². The number of hydrogen-bond donors (Lipinski definition) is 1. The second kappa shape index (κ2) is 6.39. The molecule has 1 aromatic heterocycles. The van der Waals surface area contributed by atoms with E-state index in [0.717, 1.165) is 34.0 Å². The van der Waals surface area contributed by atoms with Gasteiger partial charge in [-0.2, -0.15) is 0 Å². The van der Waals surface area contributed by atoms with Crippen LogP contribution in [0, 0.1) is 13.8 Å². The van der Waals surface area contributed by atoms with Gasteiger partial charge in [-0.1, -0.05) is 18.2 Å². The van der Waals surface area contributed by atoms with Gasteiger partial charge in [-0.3, -0.25) is 4.98 Å². The summed E-state index contributed by atoms with van der Waals surface area (Å²) in [7, 11) is 1.65. The molecule has 0 saturated heterocycles. The molecule has 2 aromatic rings. The fourth-order valence-electron chi connectivity index (χ4n) is 2.12. The van der Waals surface area contributed by atoms with Crippen LogP contribution >= 0.6 is 0 Å². The monoisotopic (exact) mass is 272 g/mol. The Morgan fingerprint density at radius 2 is 2.00 bits per heavy atom. The van der Waals surface area contributed by atoms with E-state index in [4.69, 9.17) is 15.2 Å². The number of aryl methyl sites for hydroxylation is 2. The highest BCUT2D eigenvalue weighted by molar-refractivity contribution is 5.40. The van der Waals surface area contributed by atoms with E-state index in [2.05, 4.69) is 4.98 Å². The van der Waals surface area contributed by atoms with Crippen LogP contribution in [0.2, 0.25) is 0 Å². The quantitative estimate of drug-likeness (QED) is 0.909. The summed E-state index contributed by atoms with van der Waals surface area (Å²) in [5.41, 5.74) is 9.57. The molecular weight excluding hydrogens is 252 g/mol. The van der Waals surface area contributed by atoms with Crippen molar-refractivity contribution in [3.63, 3.8) is 0 Å². The van der Waals surface area contributed by atoms with Gasteiger partial charge >= 0.3 is 0 Å². The number of nitrogens with two attached hydrogens (primary N) is 1. The van der Waals surface area contributed by atoms with E-state index < -0.39 is 0 Å². The number of para-hydroxylation sites is 1. The van der Waals surface area contributed by atoms with Gasteiger partial charge in [-0.05, 0) is 19.4 Å². The van der Waals surface area contributed by atoms with E-state index in [1.807, 2.05) is 44.2 Å². The first-order valence-electron chi connectivity index (χ1n) is 6.57. The average molecular weight is 272 g/mol. The smallest absolute Gasteiger partial charge is 0.130 e. The van der Waals surface area contributed by atoms with E-state index in [0.29, 0.717) is 13.2 Å². The fourth-order valence-corrected chi connectivity index (χ4v) is 2.12. The minimum absolute atomic E-state index is 0.399. The maximum atomic E-state index is 5.90. The number of benzene rings is 1. The third kappa shape index (κ3) is 3.27. The number of hydrogen-bond acceptors (Lipinski definition) is 4. The lowest BCUT2D eigenvalue weighted by molar-refractivity contribution is 0.294. The summed E-state index contributed by atoms with van der Waals surface area (Å²) < 4.78 is 11.1. The lowest BCUT2D eigenvalue weighted by Crippen LogP contribution is -2.06. The summed E-state index contributed by atoms with van der Waals surface area (Å²) >= 11 is 0. The van der Waals surface area contributed by atoms with Crippen molar-refractivity contribution in [3.8, 4) is 11.5 Å². The summed E-state index contributed by atoms with van der Waals surface area (Å²) in [4.78, 5) is 4.45. The van der Waals surface area contributed by atoms with E-state index in [9.17, 15) is 0 Å². The second-order valence-corrected chi connectivity index (χ2v) is 4.70. The summed E-state index contributed by atoms with van der Waals surface area (Å²) in [6.07, 6.45) is 0. The van der Waals surface area contributed by atoms with Gasteiger partial charge in [0.15, 0.2) is 0 Å². The number of aromatic nitrogens is 1. The van der Waals surface area contributed by atoms with Gasteiger partial charge in [0, 0.05) is 29.9 Å². The van der Waals surface area contributed by atoms with Gasteiger partial charge in [-0.25, -0.2) is 0 Å². The molecule has 2 rings (SSSR count). The molecule has 0 radical (unpaired) electrons. The molecule has 4 heteroatoms. The summed E-state index contributed by atoms with van der Waals surface area (Å²) in [6, 6.07) is 9.75. The van der Waals surface area contributed by atoms with Crippen molar-refractivity contribution in [2.24, 2.45) is 5.73 Å². The van der Waals surface area contributed by atoms with Crippen LogP contribution in [0.15, 0.2) is 30.3 Å². The first-order chi connectivity index (χ1) is 9.63. The Kier molecular flexibility index (Phi) is 4.58. The van der Waals surface area contributed by atoms with Crippen molar-refractivity contribution in [1.82, 2.24) is 4.98 Å². The molecule has 0 fully saturated rings. The van der Waals surface area contributed by atoms with Crippen LogP contribution in [0.1, 0.15) is 22.5 Å². The number of methoxy groups -OCH3 is 1. The summed E-state index contributed by atoms with van der Waals surface area (Å²) in [6.45, 7) is 4.81. The van der Waals surface area contributed by atoms with Gasteiger partial charge in [0.1, 0.15) is 18.1 Å². The molecule has 0 spiro atoms. The lowest BCUT2D eigenvalue weighted by atomic mass is 10.1. The summed E-state index contributed by atoms with van der Waals surface area (Å²) in [5.74, 6) is 1.64. The minimum atomic E-state index is 0.399. The van der Waals surface area contributed by atoms with Crippen LogP contribution in [0.25, 0.3) is 0 Å². The average Bonchev–Trinajstić information content (AvgIpc) is 2.45. The Morgan fingerprint density at radius 3 is 2.70 bits per heavy atom. The van der Waals surface area contributed by atoms with Crippen LogP contribution < -0.4 is 15.2 Å². The second-order valence-electron chi connectivity index (χ2n) is 4.70. The third-order valence-electron chi connectivity index (χ3n) is 3.09. The van der Waals surface area contributed by atoms with Crippen LogP contribution in [0.5, 0.6) is 11.5 Å². The molecule has 1 aromatic carbocycles. The summed E-state index contributed by atoms with van der Waals surface area (Å²) in [5, 5.41) is 0. The maximum Gasteiger partial charge on any atom is 0.130 e. The molecule has 1 heterocycles. The molecule has 106 valence electrons. The number of pyridine rings is 1. The first kappa shape index (κ1) is 14.3. The SMILES string of the molecule is COc1cc(C)nc(COc2c(C)cccc2CN)c1. The Bertz CT molecular complexity index is 597. The Morgan fingerprint density at radius 1 is 1.20 bits per heavy atom. The molecule has 0 aliphatic carbocycles. The molecule has 0 unspecified atom stereocenters. The van der Waals surface area contributed by atoms with E-state index in [-0.39, 0.29) is 0 Å². The number of rotatable bonds is 5. The zero-order chi connectivity index (χ0) is 14.5. The largest absolute Gasteiger partial charge is 0.497 e. The minimum Gasteiger partial charge on any atom is -0.497 e. The number of ether oxygens (including phenoxy) is 2. The van der Waals surface area contributed by atoms with Crippen molar-refractivity contribution < 1.29 is 9.47 Å². The third-order valence-corrected chi connectivity index (χ3v) is 3.09.